The van der Waals surface area contributed by atoms with E-state index in [0.717, 1.165) is 37.6 Å². The standard InChI is InChI=1S/C19H22N8O/c1-14-23-16(12-17(24-14)27-11-5-7-22-27)18(28)21-13-15-6-8-20-19(25-15)26-9-3-2-4-10-26/h5-8,11-12H,2-4,9-10,13H2,1H3,(H,21,28). The molecule has 1 aliphatic heterocycles. The first kappa shape index (κ1) is 18.0. The average molecular weight is 378 g/mol. The number of aromatic nitrogens is 6. The third-order valence-electron chi connectivity index (χ3n) is 4.57. The largest absolute Gasteiger partial charge is 0.345 e. The summed E-state index contributed by atoms with van der Waals surface area (Å²) in [6.45, 7) is 4.01. The van der Waals surface area contributed by atoms with Crippen LogP contribution in [-0.4, -0.2) is 48.7 Å². The highest BCUT2D eigenvalue weighted by molar-refractivity contribution is 5.92. The molecule has 0 radical (unpaired) electrons. The van der Waals surface area contributed by atoms with Crippen LogP contribution in [0, 0.1) is 6.92 Å². The Morgan fingerprint density at radius 2 is 2.00 bits per heavy atom. The maximum Gasteiger partial charge on any atom is 0.270 e. The fourth-order valence-corrected chi connectivity index (χ4v) is 3.18. The van der Waals surface area contributed by atoms with E-state index in [1.54, 1.807) is 42.3 Å². The van der Waals surface area contributed by atoms with Crippen molar-refractivity contribution in [2.45, 2.75) is 32.7 Å². The molecule has 0 saturated carbocycles. The van der Waals surface area contributed by atoms with Crippen LogP contribution in [0.1, 0.15) is 41.3 Å². The van der Waals surface area contributed by atoms with Crippen molar-refractivity contribution in [3.05, 3.63) is 54.0 Å². The molecular weight excluding hydrogens is 356 g/mol. The minimum absolute atomic E-state index is 0.281. The number of nitrogens with zero attached hydrogens (tertiary/aromatic N) is 7. The number of hydrogen-bond acceptors (Lipinski definition) is 7. The number of piperidine rings is 1. The first-order valence-electron chi connectivity index (χ1n) is 9.40. The summed E-state index contributed by atoms with van der Waals surface area (Å²) in [5.41, 5.74) is 1.06. The van der Waals surface area contributed by atoms with E-state index in [0.29, 0.717) is 23.9 Å². The Morgan fingerprint density at radius 1 is 1.14 bits per heavy atom. The highest BCUT2D eigenvalue weighted by atomic mass is 16.1. The Hall–Kier alpha value is -3.36. The molecule has 3 aromatic rings. The minimum Gasteiger partial charge on any atom is -0.345 e. The van der Waals surface area contributed by atoms with Gasteiger partial charge in [0.15, 0.2) is 5.82 Å². The number of hydrogen-bond donors (Lipinski definition) is 1. The van der Waals surface area contributed by atoms with E-state index in [4.69, 9.17) is 0 Å². The normalized spacial score (nSPS) is 14.1. The zero-order valence-electron chi connectivity index (χ0n) is 15.7. The number of anilines is 1. The minimum atomic E-state index is -0.281. The van der Waals surface area contributed by atoms with Gasteiger partial charge in [-0.25, -0.2) is 24.6 Å². The van der Waals surface area contributed by atoms with E-state index >= 15 is 0 Å². The predicted molar refractivity (Wildman–Crippen MR) is 103 cm³/mol. The van der Waals surface area contributed by atoms with E-state index in [2.05, 4.69) is 35.3 Å². The third-order valence-corrected chi connectivity index (χ3v) is 4.57. The van der Waals surface area contributed by atoms with Gasteiger partial charge >= 0.3 is 0 Å². The Kier molecular flexibility index (Phi) is 5.22. The quantitative estimate of drug-likeness (QED) is 0.721. The fraction of sp³-hybridized carbons (Fsp3) is 0.368. The van der Waals surface area contributed by atoms with Crippen LogP contribution in [0.25, 0.3) is 5.82 Å². The number of carbonyl (C=O) groups is 1. The number of nitrogens with one attached hydrogen (secondary N) is 1. The number of amides is 1. The van der Waals surface area contributed by atoms with Gasteiger partial charge in [0, 0.05) is 37.7 Å². The molecule has 1 fully saturated rings. The van der Waals surface area contributed by atoms with E-state index in [1.165, 1.54) is 6.42 Å². The molecule has 1 N–H and O–H groups in total. The van der Waals surface area contributed by atoms with Crippen molar-refractivity contribution in [2.75, 3.05) is 18.0 Å². The van der Waals surface area contributed by atoms with Crippen molar-refractivity contribution in [1.29, 1.82) is 0 Å². The van der Waals surface area contributed by atoms with Gasteiger partial charge in [-0.15, -0.1) is 0 Å². The maximum atomic E-state index is 12.6. The molecule has 3 aromatic heterocycles. The summed E-state index contributed by atoms with van der Waals surface area (Å²) in [5.74, 6) is 1.51. The van der Waals surface area contributed by atoms with Gasteiger partial charge in [0.2, 0.25) is 5.95 Å². The lowest BCUT2D eigenvalue weighted by Gasteiger charge is -2.26. The van der Waals surface area contributed by atoms with E-state index in [9.17, 15) is 4.79 Å². The number of carbonyl (C=O) groups excluding carboxylic acids is 1. The lowest BCUT2D eigenvalue weighted by Crippen LogP contribution is -2.31. The van der Waals surface area contributed by atoms with Crippen molar-refractivity contribution in [1.82, 2.24) is 35.0 Å². The Labute approximate surface area is 162 Å². The van der Waals surface area contributed by atoms with Gasteiger partial charge < -0.3 is 10.2 Å². The predicted octanol–water partition coefficient (Wildman–Crippen LogP) is 1.68. The molecule has 9 heteroatoms. The van der Waals surface area contributed by atoms with Crippen molar-refractivity contribution in [2.24, 2.45) is 0 Å². The summed E-state index contributed by atoms with van der Waals surface area (Å²) in [6.07, 6.45) is 8.75. The molecule has 9 nitrogen and oxygen atoms in total. The van der Waals surface area contributed by atoms with E-state index in [1.807, 2.05) is 6.07 Å². The van der Waals surface area contributed by atoms with Crippen molar-refractivity contribution in [3.63, 3.8) is 0 Å². The molecule has 0 bridgehead atoms. The zero-order valence-corrected chi connectivity index (χ0v) is 15.7. The summed E-state index contributed by atoms with van der Waals surface area (Å²) >= 11 is 0. The van der Waals surface area contributed by atoms with Crippen LogP contribution in [0.15, 0.2) is 36.8 Å². The van der Waals surface area contributed by atoms with Gasteiger partial charge in [-0.2, -0.15) is 5.10 Å². The third kappa shape index (κ3) is 4.13. The second kappa shape index (κ2) is 8.12. The molecule has 0 atom stereocenters. The second-order valence-electron chi connectivity index (χ2n) is 6.69. The first-order chi connectivity index (χ1) is 13.7. The summed E-state index contributed by atoms with van der Waals surface area (Å²) in [4.78, 5) is 32.3. The summed E-state index contributed by atoms with van der Waals surface area (Å²) in [7, 11) is 0. The van der Waals surface area contributed by atoms with Gasteiger partial charge in [-0.1, -0.05) is 0 Å². The molecule has 1 saturated heterocycles. The molecule has 1 aliphatic rings. The Morgan fingerprint density at radius 3 is 2.79 bits per heavy atom. The number of rotatable bonds is 5. The molecule has 0 unspecified atom stereocenters. The molecule has 144 valence electrons. The van der Waals surface area contributed by atoms with Crippen molar-refractivity contribution in [3.8, 4) is 5.82 Å². The van der Waals surface area contributed by atoms with Crippen LogP contribution in [0.4, 0.5) is 5.95 Å². The Bertz CT molecular complexity index is 950. The molecule has 0 aromatic carbocycles. The summed E-state index contributed by atoms with van der Waals surface area (Å²) in [5, 5.41) is 7.03. The van der Waals surface area contributed by atoms with Crippen LogP contribution in [0.2, 0.25) is 0 Å². The topological polar surface area (TPSA) is 102 Å². The van der Waals surface area contributed by atoms with Crippen LogP contribution < -0.4 is 10.2 Å². The Balaban J connectivity index is 1.45. The van der Waals surface area contributed by atoms with Crippen molar-refractivity contribution >= 4 is 11.9 Å². The number of aryl methyl sites for hydroxylation is 1. The molecule has 0 spiro atoms. The highest BCUT2D eigenvalue weighted by Gasteiger charge is 2.15. The maximum absolute atomic E-state index is 12.6. The van der Waals surface area contributed by atoms with Gasteiger partial charge in [0.1, 0.15) is 11.5 Å². The summed E-state index contributed by atoms with van der Waals surface area (Å²) < 4.78 is 1.60. The van der Waals surface area contributed by atoms with Gasteiger partial charge in [-0.05, 0) is 38.3 Å². The van der Waals surface area contributed by atoms with Crippen molar-refractivity contribution < 1.29 is 4.79 Å². The lowest BCUT2D eigenvalue weighted by atomic mass is 10.1. The molecule has 4 heterocycles. The van der Waals surface area contributed by atoms with E-state index < -0.39 is 0 Å². The highest BCUT2D eigenvalue weighted by Crippen LogP contribution is 2.15. The molecule has 4 rings (SSSR count). The fourth-order valence-electron chi connectivity index (χ4n) is 3.18. The molecule has 28 heavy (non-hydrogen) atoms. The van der Waals surface area contributed by atoms with Gasteiger partial charge in [0.25, 0.3) is 5.91 Å². The van der Waals surface area contributed by atoms with Crippen LogP contribution in [-0.2, 0) is 6.54 Å². The SMILES string of the molecule is Cc1nc(C(=O)NCc2ccnc(N3CCCCC3)n2)cc(-n2cccn2)n1. The van der Waals surface area contributed by atoms with Crippen LogP contribution in [0.3, 0.4) is 0 Å². The molecule has 0 aliphatic carbocycles. The summed E-state index contributed by atoms with van der Waals surface area (Å²) in [6, 6.07) is 5.23. The van der Waals surface area contributed by atoms with E-state index in [-0.39, 0.29) is 5.91 Å². The molecule has 1 amide bonds. The van der Waals surface area contributed by atoms with Gasteiger partial charge in [0.05, 0.1) is 12.2 Å². The smallest absolute Gasteiger partial charge is 0.270 e. The molecular formula is C19H22N8O. The average Bonchev–Trinajstić information content (AvgIpc) is 3.27. The second-order valence-corrected chi connectivity index (χ2v) is 6.69. The lowest BCUT2D eigenvalue weighted by molar-refractivity contribution is 0.0945. The first-order valence-corrected chi connectivity index (χ1v) is 9.40. The monoisotopic (exact) mass is 378 g/mol. The van der Waals surface area contributed by atoms with Crippen LogP contribution >= 0.6 is 0 Å². The zero-order chi connectivity index (χ0) is 19.3. The van der Waals surface area contributed by atoms with Gasteiger partial charge in [-0.3, -0.25) is 4.79 Å². The van der Waals surface area contributed by atoms with Crippen LogP contribution in [0.5, 0.6) is 0 Å².